The lowest BCUT2D eigenvalue weighted by molar-refractivity contribution is 0.902. The number of aromatic amines is 1. The van der Waals surface area contributed by atoms with Crippen LogP contribution in [0.3, 0.4) is 0 Å². The van der Waals surface area contributed by atoms with Gasteiger partial charge >= 0.3 is 5.69 Å². The molecule has 0 unspecified atom stereocenters. The summed E-state index contributed by atoms with van der Waals surface area (Å²) in [7, 11) is 0. The Morgan fingerprint density at radius 1 is 0.900 bits per heavy atom. The van der Waals surface area contributed by atoms with Gasteiger partial charge in [-0.25, -0.2) is 9.36 Å². The van der Waals surface area contributed by atoms with Gasteiger partial charge < -0.3 is 16.5 Å². The molecule has 0 saturated heterocycles. The number of rotatable bonds is 1. The molecule has 0 aliphatic rings. The smallest absolute Gasteiger partial charge is 0.333 e. The molecule has 0 aliphatic heterocycles. The highest BCUT2D eigenvalue weighted by atomic mass is 16.2. The third-order valence-electron chi connectivity index (χ3n) is 3.07. The highest BCUT2D eigenvalue weighted by molar-refractivity contribution is 5.80. The Hall–Kier alpha value is -3.02. The number of fused-ring (bicyclic) bond motifs is 1. The third-order valence-corrected chi connectivity index (χ3v) is 3.07. The number of hydrogen-bond acceptors (Lipinski definition) is 4. The Kier molecular flexibility index (Phi) is 2.57. The van der Waals surface area contributed by atoms with Crippen molar-refractivity contribution >= 4 is 22.3 Å². The van der Waals surface area contributed by atoms with Crippen molar-refractivity contribution in [1.82, 2.24) is 9.55 Å². The zero-order valence-corrected chi connectivity index (χ0v) is 10.5. The first-order valence-corrected chi connectivity index (χ1v) is 5.97. The molecule has 0 atom stereocenters. The number of nitrogens with zero attached hydrogens (tertiary/aromatic N) is 1. The van der Waals surface area contributed by atoms with E-state index < -0.39 is 11.2 Å². The minimum Gasteiger partial charge on any atom is -0.399 e. The van der Waals surface area contributed by atoms with Gasteiger partial charge in [-0.3, -0.25) is 4.79 Å². The number of nitrogen functional groups attached to an aromatic ring is 2. The molecule has 100 valence electrons. The molecule has 0 fully saturated rings. The number of benzene rings is 2. The lowest BCUT2D eigenvalue weighted by Crippen LogP contribution is -2.33. The molecule has 5 N–H and O–H groups in total. The number of aromatic nitrogens is 2. The van der Waals surface area contributed by atoms with E-state index in [4.69, 9.17) is 11.5 Å². The average molecular weight is 268 g/mol. The molecule has 6 heteroatoms. The molecule has 3 aromatic rings. The highest BCUT2D eigenvalue weighted by Gasteiger charge is 2.09. The van der Waals surface area contributed by atoms with Crippen molar-refractivity contribution in [2.45, 2.75) is 0 Å². The number of H-pyrrole nitrogens is 1. The van der Waals surface area contributed by atoms with Crippen molar-refractivity contribution in [1.29, 1.82) is 0 Å². The summed E-state index contributed by atoms with van der Waals surface area (Å²) in [6, 6.07) is 11.3. The quantitative estimate of drug-likeness (QED) is 0.568. The number of nitrogens with one attached hydrogen (secondary N) is 1. The summed E-state index contributed by atoms with van der Waals surface area (Å²) >= 11 is 0. The van der Waals surface area contributed by atoms with Crippen LogP contribution in [0.15, 0.2) is 52.1 Å². The van der Waals surface area contributed by atoms with Gasteiger partial charge in [-0.1, -0.05) is 0 Å². The molecule has 3 rings (SSSR count). The van der Waals surface area contributed by atoms with Crippen molar-refractivity contribution in [3.63, 3.8) is 0 Å². The van der Waals surface area contributed by atoms with Crippen molar-refractivity contribution in [3.05, 3.63) is 63.3 Å². The maximum absolute atomic E-state index is 12.4. The van der Waals surface area contributed by atoms with E-state index in [0.29, 0.717) is 28.0 Å². The van der Waals surface area contributed by atoms with E-state index in [1.165, 1.54) is 0 Å². The van der Waals surface area contributed by atoms with Gasteiger partial charge in [-0.05, 0) is 42.5 Å². The fraction of sp³-hybridized carbons (Fsp3) is 0. The topological polar surface area (TPSA) is 107 Å². The molecule has 2 aromatic carbocycles. The maximum atomic E-state index is 12.4. The predicted molar refractivity (Wildman–Crippen MR) is 79.0 cm³/mol. The molecular weight excluding hydrogens is 256 g/mol. The Labute approximate surface area is 113 Å². The molecule has 1 heterocycles. The Morgan fingerprint density at radius 2 is 1.55 bits per heavy atom. The van der Waals surface area contributed by atoms with Gasteiger partial charge in [0.25, 0.3) is 5.56 Å². The lowest BCUT2D eigenvalue weighted by atomic mass is 10.2. The molecule has 0 bridgehead atoms. The maximum Gasteiger partial charge on any atom is 0.333 e. The van der Waals surface area contributed by atoms with Gasteiger partial charge in [-0.2, -0.15) is 0 Å². The van der Waals surface area contributed by atoms with Gasteiger partial charge in [0.05, 0.1) is 16.6 Å². The van der Waals surface area contributed by atoms with Crippen LogP contribution in [-0.2, 0) is 0 Å². The first-order chi connectivity index (χ1) is 9.56. The van der Waals surface area contributed by atoms with E-state index in [1.54, 1.807) is 42.5 Å². The molecule has 20 heavy (non-hydrogen) atoms. The van der Waals surface area contributed by atoms with E-state index in [-0.39, 0.29) is 0 Å². The number of hydrogen-bond donors (Lipinski definition) is 3. The summed E-state index contributed by atoms with van der Waals surface area (Å²) < 4.78 is 1.07. The molecule has 0 saturated carbocycles. The zero-order valence-electron chi connectivity index (χ0n) is 10.5. The number of nitrogens with two attached hydrogens (primary N) is 2. The van der Waals surface area contributed by atoms with E-state index in [2.05, 4.69) is 4.98 Å². The SMILES string of the molecule is Nc1ccc(-n2c(=O)[nH]c3cc(N)ccc3c2=O)cc1. The standard InChI is InChI=1S/C14H12N4O2/c15-8-1-4-10(5-2-8)18-13(19)11-6-3-9(16)7-12(11)17-14(18)20/h1-7H,15-16H2,(H,17,20). The molecule has 6 nitrogen and oxygen atoms in total. The minimum atomic E-state index is -0.516. The Balaban J connectivity index is 2.37. The second-order valence-corrected chi connectivity index (χ2v) is 4.47. The van der Waals surface area contributed by atoms with Crippen LogP contribution in [0.1, 0.15) is 0 Å². The van der Waals surface area contributed by atoms with Crippen LogP contribution in [0.2, 0.25) is 0 Å². The van der Waals surface area contributed by atoms with Gasteiger partial charge in [0, 0.05) is 11.4 Å². The summed E-state index contributed by atoms with van der Waals surface area (Å²) in [6.45, 7) is 0. The van der Waals surface area contributed by atoms with Crippen LogP contribution >= 0.6 is 0 Å². The second kappa shape index (κ2) is 4.27. The van der Waals surface area contributed by atoms with Crippen molar-refractivity contribution in [3.8, 4) is 5.69 Å². The van der Waals surface area contributed by atoms with Crippen molar-refractivity contribution < 1.29 is 0 Å². The third kappa shape index (κ3) is 1.83. The van der Waals surface area contributed by atoms with Crippen LogP contribution < -0.4 is 22.7 Å². The molecule has 0 spiro atoms. The van der Waals surface area contributed by atoms with Gasteiger partial charge in [-0.15, -0.1) is 0 Å². The summed E-state index contributed by atoms with van der Waals surface area (Å²) in [6.07, 6.45) is 0. The lowest BCUT2D eigenvalue weighted by Gasteiger charge is -2.07. The summed E-state index contributed by atoms with van der Waals surface area (Å²) in [5.74, 6) is 0. The van der Waals surface area contributed by atoms with E-state index in [9.17, 15) is 9.59 Å². The molecule has 0 aliphatic carbocycles. The van der Waals surface area contributed by atoms with Crippen LogP contribution in [0, 0.1) is 0 Å². The first-order valence-electron chi connectivity index (χ1n) is 5.97. The van der Waals surface area contributed by atoms with Gasteiger partial charge in [0.15, 0.2) is 0 Å². The van der Waals surface area contributed by atoms with Gasteiger partial charge in [0.2, 0.25) is 0 Å². The average Bonchev–Trinajstić information content (AvgIpc) is 2.40. The largest absolute Gasteiger partial charge is 0.399 e. The van der Waals surface area contributed by atoms with E-state index in [1.807, 2.05) is 0 Å². The Morgan fingerprint density at radius 3 is 2.25 bits per heavy atom. The normalized spacial score (nSPS) is 10.8. The fourth-order valence-corrected chi connectivity index (χ4v) is 2.09. The highest BCUT2D eigenvalue weighted by Crippen LogP contribution is 2.12. The summed E-state index contributed by atoms with van der Waals surface area (Å²) in [5.41, 5.74) is 12.3. The zero-order chi connectivity index (χ0) is 14.3. The Bertz CT molecular complexity index is 907. The van der Waals surface area contributed by atoms with E-state index in [0.717, 1.165) is 4.57 Å². The monoisotopic (exact) mass is 268 g/mol. The fourth-order valence-electron chi connectivity index (χ4n) is 2.09. The van der Waals surface area contributed by atoms with Crippen molar-refractivity contribution in [2.75, 3.05) is 11.5 Å². The molecular formula is C14H12N4O2. The van der Waals surface area contributed by atoms with Crippen LogP contribution in [0.25, 0.3) is 16.6 Å². The van der Waals surface area contributed by atoms with Crippen LogP contribution in [0.4, 0.5) is 11.4 Å². The number of anilines is 2. The van der Waals surface area contributed by atoms with Crippen molar-refractivity contribution in [2.24, 2.45) is 0 Å². The van der Waals surface area contributed by atoms with Crippen LogP contribution in [-0.4, -0.2) is 9.55 Å². The summed E-state index contributed by atoms with van der Waals surface area (Å²) in [5, 5.41) is 0.399. The summed E-state index contributed by atoms with van der Waals surface area (Å²) in [4.78, 5) is 27.2. The molecule has 1 aromatic heterocycles. The molecule has 0 amide bonds. The predicted octanol–water partition coefficient (Wildman–Crippen LogP) is 0.843. The van der Waals surface area contributed by atoms with Gasteiger partial charge in [0.1, 0.15) is 0 Å². The minimum absolute atomic E-state index is 0.395. The van der Waals surface area contributed by atoms with E-state index >= 15 is 0 Å². The second-order valence-electron chi connectivity index (χ2n) is 4.47. The van der Waals surface area contributed by atoms with Crippen LogP contribution in [0.5, 0.6) is 0 Å². The first kappa shape index (κ1) is 12.0. The molecule has 0 radical (unpaired) electrons.